The summed E-state index contributed by atoms with van der Waals surface area (Å²) in [5, 5.41) is 6.67. The molecule has 0 bridgehead atoms. The van der Waals surface area contributed by atoms with E-state index in [0.29, 0.717) is 5.56 Å². The number of amides is 1. The van der Waals surface area contributed by atoms with E-state index in [1.165, 1.54) is 35.4 Å². The summed E-state index contributed by atoms with van der Waals surface area (Å²) < 4.78 is 43.2. The fraction of sp³-hybridized carbons (Fsp3) is 0.441. The lowest BCUT2D eigenvalue weighted by molar-refractivity contribution is -0.122. The van der Waals surface area contributed by atoms with Gasteiger partial charge in [0.05, 0.1) is 17.0 Å². The molecule has 2 unspecified atom stereocenters. The van der Waals surface area contributed by atoms with E-state index in [1.54, 1.807) is 24.3 Å². The highest BCUT2D eigenvalue weighted by Crippen LogP contribution is 2.31. The zero-order chi connectivity index (χ0) is 30.7. The van der Waals surface area contributed by atoms with Crippen LogP contribution in [0.15, 0.2) is 71.6 Å². The van der Waals surface area contributed by atoms with Gasteiger partial charge in [-0.25, -0.2) is 17.5 Å². The standard InChI is InChI=1S/C34H44FN3O3S/c1-33(2,3)26-13-17-28(18-14-26)42(40,41)38-31(24-11-15-27(35)16-12-24)21-32(39)37-30-9-7-8-25-20-23(10-19-29(25)30)22-36-34(4,5)6/h10-20,30-31,36,38H,7-9,21-22H2,1-6H3,(H,37,39). The number of carbonyl (C=O) groups is 1. The van der Waals surface area contributed by atoms with Crippen LogP contribution in [-0.2, 0) is 33.2 Å². The van der Waals surface area contributed by atoms with Gasteiger partial charge >= 0.3 is 0 Å². The normalized spacial score (nSPS) is 16.5. The zero-order valence-electron chi connectivity index (χ0n) is 25.6. The topological polar surface area (TPSA) is 87.3 Å². The van der Waals surface area contributed by atoms with Gasteiger partial charge in [0.15, 0.2) is 0 Å². The summed E-state index contributed by atoms with van der Waals surface area (Å²) in [6.45, 7) is 13.4. The van der Waals surface area contributed by atoms with Gasteiger partial charge in [0.1, 0.15) is 5.82 Å². The molecule has 1 amide bonds. The first-order valence-electron chi connectivity index (χ1n) is 14.7. The van der Waals surface area contributed by atoms with Gasteiger partial charge in [0.25, 0.3) is 0 Å². The molecule has 0 saturated carbocycles. The molecule has 2 atom stereocenters. The molecule has 4 rings (SSSR count). The summed E-state index contributed by atoms with van der Waals surface area (Å²) in [4.78, 5) is 13.5. The molecule has 0 heterocycles. The number of aryl methyl sites for hydroxylation is 1. The van der Waals surface area contributed by atoms with Gasteiger partial charge < -0.3 is 10.6 Å². The van der Waals surface area contributed by atoms with Crippen LogP contribution in [0.4, 0.5) is 4.39 Å². The van der Waals surface area contributed by atoms with Crippen molar-refractivity contribution in [1.29, 1.82) is 0 Å². The van der Waals surface area contributed by atoms with Crippen LogP contribution in [0.2, 0.25) is 0 Å². The van der Waals surface area contributed by atoms with Crippen molar-refractivity contribution >= 4 is 15.9 Å². The first-order valence-corrected chi connectivity index (χ1v) is 16.1. The first-order chi connectivity index (χ1) is 19.6. The van der Waals surface area contributed by atoms with E-state index in [0.717, 1.165) is 36.9 Å². The van der Waals surface area contributed by atoms with Gasteiger partial charge in [-0.1, -0.05) is 63.2 Å². The number of hydrogen-bond acceptors (Lipinski definition) is 4. The van der Waals surface area contributed by atoms with Crippen molar-refractivity contribution in [3.8, 4) is 0 Å². The molecular weight excluding hydrogens is 549 g/mol. The molecule has 0 aromatic heterocycles. The fourth-order valence-electron chi connectivity index (χ4n) is 5.25. The maximum Gasteiger partial charge on any atom is 0.241 e. The lowest BCUT2D eigenvalue weighted by Crippen LogP contribution is -2.36. The van der Waals surface area contributed by atoms with Crippen molar-refractivity contribution < 1.29 is 17.6 Å². The SMILES string of the molecule is CC(C)(C)NCc1ccc2c(c1)CCCC2NC(=O)CC(NS(=O)(=O)c1ccc(C(C)(C)C)cc1)c1ccc(F)cc1. The Labute approximate surface area is 250 Å². The molecule has 1 aliphatic carbocycles. The molecule has 0 spiro atoms. The second kappa shape index (κ2) is 12.7. The predicted molar refractivity (Wildman–Crippen MR) is 166 cm³/mol. The summed E-state index contributed by atoms with van der Waals surface area (Å²) >= 11 is 0. The Bertz CT molecular complexity index is 1490. The third-order valence-electron chi connectivity index (χ3n) is 7.67. The molecule has 3 aromatic carbocycles. The number of rotatable bonds is 9. The summed E-state index contributed by atoms with van der Waals surface area (Å²) in [5.41, 5.74) is 4.97. The quantitative estimate of drug-likeness (QED) is 0.260. The van der Waals surface area contributed by atoms with Crippen LogP contribution in [0, 0.1) is 5.82 Å². The Morgan fingerprint density at radius 2 is 1.62 bits per heavy atom. The van der Waals surface area contributed by atoms with Crippen LogP contribution in [0.1, 0.15) is 101 Å². The molecule has 1 aliphatic rings. The Morgan fingerprint density at radius 3 is 2.24 bits per heavy atom. The van der Waals surface area contributed by atoms with Crippen molar-refractivity contribution in [3.63, 3.8) is 0 Å². The van der Waals surface area contributed by atoms with Gasteiger partial charge in [-0.15, -0.1) is 0 Å². The molecule has 6 nitrogen and oxygen atoms in total. The average molecular weight is 594 g/mol. The highest BCUT2D eigenvalue weighted by atomic mass is 32.2. The van der Waals surface area contributed by atoms with Crippen LogP contribution in [-0.4, -0.2) is 19.9 Å². The number of fused-ring (bicyclic) bond motifs is 1. The Kier molecular flexibility index (Phi) is 9.60. The smallest absolute Gasteiger partial charge is 0.241 e. The van der Waals surface area contributed by atoms with Crippen molar-refractivity contribution in [1.82, 2.24) is 15.4 Å². The molecule has 0 radical (unpaired) electrons. The molecule has 0 saturated heterocycles. The third kappa shape index (κ3) is 8.49. The zero-order valence-corrected chi connectivity index (χ0v) is 26.4. The summed E-state index contributed by atoms with van der Waals surface area (Å²) in [7, 11) is -3.96. The molecule has 3 N–H and O–H groups in total. The van der Waals surface area contributed by atoms with Gasteiger partial charge in [0.2, 0.25) is 15.9 Å². The number of sulfonamides is 1. The van der Waals surface area contributed by atoms with E-state index in [2.05, 4.69) is 75.1 Å². The second-order valence-corrected chi connectivity index (χ2v) is 15.1. The van der Waals surface area contributed by atoms with Gasteiger partial charge in [-0.3, -0.25) is 4.79 Å². The average Bonchev–Trinajstić information content (AvgIpc) is 2.91. The minimum atomic E-state index is -3.96. The highest BCUT2D eigenvalue weighted by molar-refractivity contribution is 7.89. The van der Waals surface area contributed by atoms with Crippen molar-refractivity contribution in [3.05, 3.63) is 100 Å². The number of halogens is 1. The molecule has 0 fully saturated rings. The van der Waals surface area contributed by atoms with E-state index < -0.39 is 21.9 Å². The monoisotopic (exact) mass is 593 g/mol. The maximum atomic E-state index is 13.7. The molecule has 0 aliphatic heterocycles. The van der Waals surface area contributed by atoms with E-state index in [1.807, 2.05) is 0 Å². The molecule has 226 valence electrons. The van der Waals surface area contributed by atoms with Crippen LogP contribution in [0.3, 0.4) is 0 Å². The summed E-state index contributed by atoms with van der Waals surface area (Å²) in [5.74, 6) is -0.704. The molecule has 42 heavy (non-hydrogen) atoms. The lowest BCUT2D eigenvalue weighted by Gasteiger charge is -2.28. The summed E-state index contributed by atoms with van der Waals surface area (Å²) in [6.07, 6.45) is 2.60. The van der Waals surface area contributed by atoms with E-state index in [4.69, 9.17) is 0 Å². The first kappa shape index (κ1) is 31.9. The highest BCUT2D eigenvalue weighted by Gasteiger charge is 2.27. The Hall–Kier alpha value is -3.07. The molecule has 3 aromatic rings. The molecular formula is C34H44FN3O3S. The Balaban J connectivity index is 1.51. The van der Waals surface area contributed by atoms with Crippen LogP contribution >= 0.6 is 0 Å². The largest absolute Gasteiger partial charge is 0.349 e. The minimum absolute atomic E-state index is 0.0187. The third-order valence-corrected chi connectivity index (χ3v) is 9.16. The van der Waals surface area contributed by atoms with Crippen LogP contribution in [0.25, 0.3) is 0 Å². The number of carbonyl (C=O) groups excluding carboxylic acids is 1. The molecule has 8 heteroatoms. The predicted octanol–water partition coefficient (Wildman–Crippen LogP) is 6.61. The minimum Gasteiger partial charge on any atom is -0.349 e. The number of nitrogens with one attached hydrogen (secondary N) is 3. The van der Waals surface area contributed by atoms with Crippen LogP contribution in [0.5, 0.6) is 0 Å². The van der Waals surface area contributed by atoms with E-state index in [9.17, 15) is 17.6 Å². The number of hydrogen-bond donors (Lipinski definition) is 3. The van der Waals surface area contributed by atoms with Crippen molar-refractivity contribution in [2.75, 3.05) is 0 Å². The Morgan fingerprint density at radius 1 is 0.952 bits per heavy atom. The van der Waals surface area contributed by atoms with Crippen molar-refractivity contribution in [2.24, 2.45) is 0 Å². The fourth-order valence-corrected chi connectivity index (χ4v) is 6.47. The second-order valence-electron chi connectivity index (χ2n) is 13.4. The maximum absolute atomic E-state index is 13.7. The number of benzene rings is 3. The van der Waals surface area contributed by atoms with Crippen molar-refractivity contribution in [2.45, 2.75) is 102 Å². The van der Waals surface area contributed by atoms with Gasteiger partial charge in [-0.2, -0.15) is 0 Å². The van der Waals surface area contributed by atoms with E-state index >= 15 is 0 Å². The summed E-state index contributed by atoms with van der Waals surface area (Å²) in [6, 6.07) is 17.7. The lowest BCUT2D eigenvalue weighted by atomic mass is 9.86. The van der Waals surface area contributed by atoms with Gasteiger partial charge in [0, 0.05) is 18.5 Å². The van der Waals surface area contributed by atoms with Gasteiger partial charge in [-0.05, 0) is 97.5 Å². The van der Waals surface area contributed by atoms with Crippen LogP contribution < -0.4 is 15.4 Å². The van der Waals surface area contributed by atoms with E-state index in [-0.39, 0.29) is 34.2 Å².